The Bertz CT molecular complexity index is 369. The second-order valence-corrected chi connectivity index (χ2v) is 3.04. The molecule has 1 aromatic carbocycles. The Balaban J connectivity index is 2.39. The summed E-state index contributed by atoms with van der Waals surface area (Å²) < 4.78 is 0. The number of rotatable bonds is 1. The van der Waals surface area contributed by atoms with Crippen LogP contribution < -0.4 is 5.43 Å². The highest BCUT2D eigenvalue weighted by molar-refractivity contribution is 6.31. The van der Waals surface area contributed by atoms with Crippen molar-refractivity contribution in [2.75, 3.05) is 11.3 Å². The van der Waals surface area contributed by atoms with Gasteiger partial charge < -0.3 is 0 Å². The molecule has 0 amide bonds. The van der Waals surface area contributed by atoms with Crippen molar-refractivity contribution in [1.29, 1.82) is 0 Å². The lowest BCUT2D eigenvalue weighted by atomic mass is 10.1. The summed E-state index contributed by atoms with van der Waals surface area (Å²) in [5.74, 6) is 0.428. The van der Waals surface area contributed by atoms with Crippen LogP contribution in [0.1, 0.15) is 5.56 Å². The van der Waals surface area contributed by atoms with E-state index in [1.807, 2.05) is 36.4 Å². The van der Waals surface area contributed by atoms with Crippen molar-refractivity contribution < 1.29 is 0 Å². The predicted octanol–water partition coefficient (Wildman–Crippen LogP) is 2.72. The van der Waals surface area contributed by atoms with Crippen LogP contribution in [0.3, 0.4) is 0 Å². The van der Waals surface area contributed by atoms with Crippen molar-refractivity contribution in [2.45, 2.75) is 0 Å². The van der Waals surface area contributed by atoms with Crippen LogP contribution in [0.25, 0.3) is 6.08 Å². The molecule has 0 bridgehead atoms. The van der Waals surface area contributed by atoms with E-state index in [2.05, 4.69) is 10.5 Å². The Morgan fingerprint density at radius 2 is 2.08 bits per heavy atom. The maximum absolute atomic E-state index is 5.67. The molecule has 66 valence electrons. The average molecular weight is 193 g/mol. The van der Waals surface area contributed by atoms with Gasteiger partial charge >= 0.3 is 0 Å². The Morgan fingerprint density at radius 3 is 2.92 bits per heavy atom. The van der Waals surface area contributed by atoms with Gasteiger partial charge in [0.15, 0.2) is 0 Å². The number of fused-ring (bicyclic) bond motifs is 1. The number of para-hydroxylation sites is 1. The second kappa shape index (κ2) is 3.62. The highest BCUT2D eigenvalue weighted by atomic mass is 35.5. The molecule has 0 aromatic heterocycles. The van der Waals surface area contributed by atoms with Crippen LogP contribution >= 0.6 is 11.6 Å². The van der Waals surface area contributed by atoms with Crippen molar-refractivity contribution in [3.63, 3.8) is 0 Å². The molecule has 3 heteroatoms. The number of anilines is 1. The molecule has 0 spiro atoms. The molecule has 0 saturated heterocycles. The highest BCUT2D eigenvalue weighted by Crippen LogP contribution is 2.18. The Kier molecular flexibility index (Phi) is 2.32. The highest BCUT2D eigenvalue weighted by Gasteiger charge is 2.01. The van der Waals surface area contributed by atoms with Crippen LogP contribution in [0.15, 0.2) is 35.4 Å². The number of nitrogens with one attached hydrogen (secondary N) is 1. The number of benzene rings is 1. The summed E-state index contributed by atoms with van der Waals surface area (Å²) in [5, 5.41) is 4.13. The van der Waals surface area contributed by atoms with E-state index in [1.165, 1.54) is 0 Å². The fourth-order valence-electron chi connectivity index (χ4n) is 1.17. The molecule has 1 aliphatic rings. The van der Waals surface area contributed by atoms with Crippen molar-refractivity contribution in [3.05, 3.63) is 35.9 Å². The van der Waals surface area contributed by atoms with Gasteiger partial charge in [-0.2, -0.15) is 5.10 Å². The minimum Gasteiger partial charge on any atom is -0.278 e. The number of hydrogen-bond acceptors (Lipinski definition) is 2. The van der Waals surface area contributed by atoms with Crippen molar-refractivity contribution >= 4 is 29.1 Å². The van der Waals surface area contributed by atoms with Crippen LogP contribution in [0, 0.1) is 0 Å². The lowest BCUT2D eigenvalue weighted by Crippen LogP contribution is -1.98. The van der Waals surface area contributed by atoms with Gasteiger partial charge in [0.1, 0.15) is 0 Å². The molecule has 2 nitrogen and oxygen atoms in total. The molecular formula is C10H9ClN2. The number of hydrogen-bond donors (Lipinski definition) is 1. The van der Waals surface area contributed by atoms with E-state index in [0.717, 1.165) is 17.0 Å². The molecule has 0 aliphatic carbocycles. The average Bonchev–Trinajstić information content (AvgIpc) is 2.39. The molecule has 0 unspecified atom stereocenters. The first-order valence-electron chi connectivity index (χ1n) is 4.06. The first-order chi connectivity index (χ1) is 6.40. The van der Waals surface area contributed by atoms with Gasteiger partial charge in [-0.1, -0.05) is 24.3 Å². The number of nitrogens with zero attached hydrogens (tertiary/aromatic N) is 1. The van der Waals surface area contributed by atoms with Crippen LogP contribution in [0.2, 0.25) is 0 Å². The first kappa shape index (κ1) is 8.32. The maximum Gasteiger partial charge on any atom is 0.0755 e. The Hall–Kier alpha value is -1.28. The van der Waals surface area contributed by atoms with Gasteiger partial charge in [0, 0.05) is 0 Å². The molecule has 0 radical (unpaired) electrons. The van der Waals surface area contributed by atoms with E-state index < -0.39 is 0 Å². The van der Waals surface area contributed by atoms with E-state index in [0.29, 0.717) is 5.88 Å². The van der Waals surface area contributed by atoms with Crippen molar-refractivity contribution in [3.8, 4) is 0 Å². The lowest BCUT2D eigenvalue weighted by molar-refractivity contribution is 1.33. The van der Waals surface area contributed by atoms with Gasteiger partial charge in [-0.15, -0.1) is 11.6 Å². The standard InChI is InChI=1S/C10H9ClN2/c11-7-9-6-5-8-3-1-2-4-10(8)13-12-9/h1-6,13H,7H2. The monoisotopic (exact) mass is 192 g/mol. The number of allylic oxidation sites excluding steroid dienone is 1. The Labute approximate surface area is 81.9 Å². The van der Waals surface area contributed by atoms with E-state index in [9.17, 15) is 0 Å². The zero-order chi connectivity index (χ0) is 9.10. The van der Waals surface area contributed by atoms with Crippen molar-refractivity contribution in [1.82, 2.24) is 0 Å². The normalized spacial score (nSPS) is 14.1. The van der Waals surface area contributed by atoms with E-state index in [4.69, 9.17) is 11.6 Å². The summed E-state index contributed by atoms with van der Waals surface area (Å²) in [6, 6.07) is 7.99. The van der Waals surface area contributed by atoms with Gasteiger partial charge in [0.25, 0.3) is 0 Å². The molecule has 1 heterocycles. The zero-order valence-electron chi connectivity index (χ0n) is 7.00. The molecule has 2 rings (SSSR count). The molecule has 1 aromatic rings. The largest absolute Gasteiger partial charge is 0.278 e. The summed E-state index contributed by atoms with van der Waals surface area (Å²) in [6.45, 7) is 0. The fourth-order valence-corrected chi connectivity index (χ4v) is 1.32. The van der Waals surface area contributed by atoms with E-state index in [1.54, 1.807) is 0 Å². The maximum atomic E-state index is 5.67. The van der Waals surface area contributed by atoms with Crippen LogP contribution in [0.4, 0.5) is 5.69 Å². The van der Waals surface area contributed by atoms with Crippen molar-refractivity contribution in [2.24, 2.45) is 5.10 Å². The third-order valence-corrected chi connectivity index (χ3v) is 2.15. The van der Waals surface area contributed by atoms with Gasteiger partial charge in [-0.05, 0) is 17.7 Å². The van der Waals surface area contributed by atoms with Gasteiger partial charge in [-0.25, -0.2) is 0 Å². The quantitative estimate of drug-likeness (QED) is 0.680. The molecule has 13 heavy (non-hydrogen) atoms. The van der Waals surface area contributed by atoms with E-state index in [-0.39, 0.29) is 0 Å². The minimum absolute atomic E-state index is 0.428. The molecule has 1 N–H and O–H groups in total. The molecular weight excluding hydrogens is 184 g/mol. The van der Waals surface area contributed by atoms with Crippen LogP contribution in [0.5, 0.6) is 0 Å². The molecule has 0 atom stereocenters. The SMILES string of the molecule is ClCC1=NNc2ccccc2C=C1. The molecule has 0 saturated carbocycles. The summed E-state index contributed by atoms with van der Waals surface area (Å²) >= 11 is 5.67. The Morgan fingerprint density at radius 1 is 1.23 bits per heavy atom. The minimum atomic E-state index is 0.428. The predicted molar refractivity (Wildman–Crippen MR) is 57.3 cm³/mol. The number of alkyl halides is 1. The summed E-state index contributed by atoms with van der Waals surface area (Å²) in [6.07, 6.45) is 3.93. The zero-order valence-corrected chi connectivity index (χ0v) is 7.75. The van der Waals surface area contributed by atoms with Gasteiger partial charge in [-0.3, -0.25) is 5.43 Å². The molecule has 1 aliphatic heterocycles. The third-order valence-electron chi connectivity index (χ3n) is 1.87. The smallest absolute Gasteiger partial charge is 0.0755 e. The number of hydrazone groups is 1. The van der Waals surface area contributed by atoms with Crippen LogP contribution in [-0.4, -0.2) is 11.6 Å². The summed E-state index contributed by atoms with van der Waals surface area (Å²) in [7, 11) is 0. The lowest BCUT2D eigenvalue weighted by Gasteiger charge is -2.01. The topological polar surface area (TPSA) is 24.4 Å². The molecule has 0 fully saturated rings. The van der Waals surface area contributed by atoms with E-state index >= 15 is 0 Å². The first-order valence-corrected chi connectivity index (χ1v) is 4.59. The second-order valence-electron chi connectivity index (χ2n) is 2.77. The summed E-state index contributed by atoms with van der Waals surface area (Å²) in [5.41, 5.74) is 5.96. The number of halogens is 1. The van der Waals surface area contributed by atoms with Gasteiger partial charge in [0.2, 0.25) is 0 Å². The van der Waals surface area contributed by atoms with Gasteiger partial charge in [0.05, 0.1) is 17.3 Å². The fraction of sp³-hybridized carbons (Fsp3) is 0.100. The van der Waals surface area contributed by atoms with Crippen LogP contribution in [-0.2, 0) is 0 Å². The third kappa shape index (κ3) is 1.73. The summed E-state index contributed by atoms with van der Waals surface area (Å²) in [4.78, 5) is 0.